The molecule has 2 unspecified atom stereocenters. The Morgan fingerprint density at radius 1 is 1.21 bits per heavy atom. The normalized spacial score (nSPS) is 19.1. The summed E-state index contributed by atoms with van der Waals surface area (Å²) >= 11 is 0. The fourth-order valence-electron chi connectivity index (χ4n) is 1.31. The Morgan fingerprint density at radius 2 is 1.71 bits per heavy atom. The molecule has 6 heteroatoms. The lowest BCUT2D eigenvalue weighted by atomic mass is 10.4. The highest BCUT2D eigenvalue weighted by atomic mass is 28.4. The van der Waals surface area contributed by atoms with Crippen LogP contribution in [0.2, 0.25) is 32.2 Å². The van der Waals surface area contributed by atoms with Crippen molar-refractivity contribution in [2.75, 3.05) is 13.7 Å². The Morgan fingerprint density at radius 3 is 2.00 bits per heavy atom. The van der Waals surface area contributed by atoms with Crippen LogP contribution in [0.1, 0.15) is 0 Å². The van der Waals surface area contributed by atoms with E-state index in [9.17, 15) is 5.11 Å². The highest BCUT2D eigenvalue weighted by molar-refractivity contribution is 6.81. The Hall–Kier alpha value is 0.274. The zero-order valence-corrected chi connectivity index (χ0v) is 11.7. The molecule has 0 aromatic carbocycles. The SMILES string of the molecule is CO[Si](C)(CC(O)CO)O[Si](C)(C)C. The second-order valence-corrected chi connectivity index (χ2v) is 12.7. The predicted octanol–water partition coefficient (Wildman–Crippen LogP) is 0.909. The fourth-order valence-corrected chi connectivity index (χ4v) is 8.31. The molecule has 0 aliphatic heterocycles. The van der Waals surface area contributed by atoms with Crippen molar-refractivity contribution >= 4 is 16.9 Å². The van der Waals surface area contributed by atoms with Gasteiger partial charge in [-0.3, -0.25) is 0 Å². The molecule has 0 fully saturated rings. The average molecular weight is 238 g/mol. The molecule has 0 rings (SSSR count). The molecule has 2 atom stereocenters. The molecule has 0 aliphatic carbocycles. The summed E-state index contributed by atoms with van der Waals surface area (Å²) in [6.07, 6.45) is -0.733. The lowest BCUT2D eigenvalue weighted by molar-refractivity contribution is 0.101. The summed E-state index contributed by atoms with van der Waals surface area (Å²) in [6, 6.07) is 0.421. The van der Waals surface area contributed by atoms with Crippen molar-refractivity contribution in [1.82, 2.24) is 0 Å². The standard InChI is InChI=1S/C8H22O4Si2/c1-11-14(5,7-8(10)6-9)12-13(2,3)4/h8-10H,6-7H2,1-5H3. The van der Waals surface area contributed by atoms with Gasteiger partial charge in [0.05, 0.1) is 12.7 Å². The second kappa shape index (κ2) is 5.38. The third-order valence-corrected chi connectivity index (χ3v) is 8.02. The molecule has 0 aromatic heterocycles. The smallest absolute Gasteiger partial charge is 0.327 e. The Bertz CT molecular complexity index is 171. The number of aliphatic hydroxyl groups is 2. The summed E-state index contributed by atoms with van der Waals surface area (Å²) in [5, 5.41) is 18.1. The third-order valence-electron chi connectivity index (χ3n) is 1.77. The molecule has 2 N–H and O–H groups in total. The van der Waals surface area contributed by atoms with E-state index in [0.29, 0.717) is 6.04 Å². The zero-order chi connectivity index (χ0) is 11.4. The maximum atomic E-state index is 9.36. The van der Waals surface area contributed by atoms with Gasteiger partial charge in [-0.05, 0) is 26.2 Å². The lowest BCUT2D eigenvalue weighted by Gasteiger charge is -2.33. The highest BCUT2D eigenvalue weighted by Gasteiger charge is 2.37. The first-order valence-corrected chi connectivity index (χ1v) is 10.7. The zero-order valence-electron chi connectivity index (χ0n) is 9.70. The van der Waals surface area contributed by atoms with Crippen molar-refractivity contribution in [3.05, 3.63) is 0 Å². The van der Waals surface area contributed by atoms with Crippen LogP contribution < -0.4 is 0 Å². The number of aliphatic hydroxyl groups excluding tert-OH is 2. The van der Waals surface area contributed by atoms with E-state index < -0.39 is 23.0 Å². The first-order valence-electron chi connectivity index (χ1n) is 4.77. The Kier molecular flexibility index (Phi) is 5.49. The molecule has 0 saturated heterocycles. The molecule has 0 saturated carbocycles. The van der Waals surface area contributed by atoms with Crippen molar-refractivity contribution in [3.8, 4) is 0 Å². The maximum Gasteiger partial charge on any atom is 0.327 e. The van der Waals surface area contributed by atoms with Crippen LogP contribution in [0.15, 0.2) is 0 Å². The molecule has 4 nitrogen and oxygen atoms in total. The van der Waals surface area contributed by atoms with Crippen LogP contribution in [-0.4, -0.2) is 46.9 Å². The molecule has 0 aromatic rings. The monoisotopic (exact) mass is 238 g/mol. The predicted molar refractivity (Wildman–Crippen MR) is 61.0 cm³/mol. The number of hydrogen-bond acceptors (Lipinski definition) is 4. The van der Waals surface area contributed by atoms with E-state index in [2.05, 4.69) is 19.6 Å². The van der Waals surface area contributed by atoms with E-state index in [4.69, 9.17) is 13.6 Å². The molecule has 0 bridgehead atoms. The van der Waals surface area contributed by atoms with Crippen LogP contribution in [0, 0.1) is 0 Å². The van der Waals surface area contributed by atoms with E-state index in [1.807, 2.05) is 6.55 Å². The van der Waals surface area contributed by atoms with Gasteiger partial charge < -0.3 is 18.8 Å². The summed E-state index contributed by atoms with van der Waals surface area (Å²) in [5.41, 5.74) is 0. The summed E-state index contributed by atoms with van der Waals surface area (Å²) in [5.74, 6) is 0. The van der Waals surface area contributed by atoms with Gasteiger partial charge in [0.1, 0.15) is 0 Å². The van der Waals surface area contributed by atoms with E-state index >= 15 is 0 Å². The van der Waals surface area contributed by atoms with Crippen molar-refractivity contribution < 1.29 is 18.8 Å². The first-order chi connectivity index (χ1) is 6.22. The van der Waals surface area contributed by atoms with Gasteiger partial charge in [0.2, 0.25) is 0 Å². The molecular weight excluding hydrogens is 216 g/mol. The van der Waals surface area contributed by atoms with Crippen molar-refractivity contribution in [3.63, 3.8) is 0 Å². The molecule has 0 spiro atoms. The third kappa shape index (κ3) is 5.89. The van der Waals surface area contributed by atoms with Crippen molar-refractivity contribution in [2.24, 2.45) is 0 Å². The van der Waals surface area contributed by atoms with Gasteiger partial charge in [-0.2, -0.15) is 0 Å². The largest absolute Gasteiger partial charge is 0.436 e. The van der Waals surface area contributed by atoms with Crippen LogP contribution in [-0.2, 0) is 8.54 Å². The van der Waals surface area contributed by atoms with E-state index in [0.717, 1.165) is 0 Å². The van der Waals surface area contributed by atoms with Crippen LogP contribution in [0.4, 0.5) is 0 Å². The van der Waals surface area contributed by atoms with E-state index in [1.165, 1.54) is 0 Å². The highest BCUT2D eigenvalue weighted by Crippen LogP contribution is 2.20. The molecule has 0 amide bonds. The second-order valence-electron chi connectivity index (χ2n) is 4.59. The maximum absolute atomic E-state index is 9.36. The molecular formula is C8H22O4Si2. The van der Waals surface area contributed by atoms with Gasteiger partial charge in [-0.15, -0.1) is 0 Å². The fraction of sp³-hybridized carbons (Fsp3) is 1.00. The van der Waals surface area contributed by atoms with Gasteiger partial charge >= 0.3 is 8.56 Å². The van der Waals surface area contributed by atoms with Crippen molar-refractivity contribution in [2.45, 2.75) is 38.3 Å². The number of hydrogen-bond donors (Lipinski definition) is 2. The van der Waals surface area contributed by atoms with Crippen LogP contribution in [0.5, 0.6) is 0 Å². The van der Waals surface area contributed by atoms with E-state index in [-0.39, 0.29) is 6.61 Å². The summed E-state index contributed by atoms with van der Waals surface area (Å²) in [7, 11) is -2.33. The lowest BCUT2D eigenvalue weighted by Crippen LogP contribution is -2.48. The summed E-state index contributed by atoms with van der Waals surface area (Å²) < 4.78 is 11.3. The van der Waals surface area contributed by atoms with Crippen molar-refractivity contribution in [1.29, 1.82) is 0 Å². The van der Waals surface area contributed by atoms with Gasteiger partial charge in [0.25, 0.3) is 0 Å². The summed E-state index contributed by atoms with van der Waals surface area (Å²) in [4.78, 5) is 0. The minimum absolute atomic E-state index is 0.235. The van der Waals surface area contributed by atoms with Gasteiger partial charge in [0.15, 0.2) is 8.32 Å². The van der Waals surface area contributed by atoms with Gasteiger partial charge in [-0.25, -0.2) is 0 Å². The topological polar surface area (TPSA) is 58.9 Å². The quantitative estimate of drug-likeness (QED) is 0.675. The van der Waals surface area contributed by atoms with Crippen LogP contribution >= 0.6 is 0 Å². The Balaban J connectivity index is 4.32. The van der Waals surface area contributed by atoms with E-state index in [1.54, 1.807) is 7.11 Å². The number of rotatable bonds is 6. The molecule has 0 heterocycles. The van der Waals surface area contributed by atoms with Gasteiger partial charge in [0, 0.05) is 13.2 Å². The van der Waals surface area contributed by atoms with Crippen LogP contribution in [0.3, 0.4) is 0 Å². The first kappa shape index (κ1) is 14.3. The molecule has 0 radical (unpaired) electrons. The summed E-state index contributed by atoms with van der Waals surface area (Å²) in [6.45, 7) is 7.94. The Labute approximate surface area is 88.2 Å². The minimum atomic E-state index is -2.29. The van der Waals surface area contributed by atoms with Crippen LogP contribution in [0.25, 0.3) is 0 Å². The minimum Gasteiger partial charge on any atom is -0.436 e. The molecule has 14 heavy (non-hydrogen) atoms. The van der Waals surface area contributed by atoms with Gasteiger partial charge in [-0.1, -0.05) is 0 Å². The molecule has 0 aliphatic rings. The average Bonchev–Trinajstić information content (AvgIpc) is 2.00. The molecule has 86 valence electrons.